The zero-order valence-electron chi connectivity index (χ0n) is 13.9. The van der Waals surface area contributed by atoms with E-state index in [-0.39, 0.29) is 5.91 Å². The number of hydrogen-bond acceptors (Lipinski definition) is 2. The molecule has 2 aromatic rings. The SMILES string of the molecule is CCc1ccccc1NC(=O)CCN1c2ccccc2CC1C. The van der Waals surface area contributed by atoms with E-state index < -0.39 is 0 Å². The molecule has 1 unspecified atom stereocenters. The van der Waals surface area contributed by atoms with Gasteiger partial charge < -0.3 is 10.2 Å². The molecule has 0 aromatic heterocycles. The number of nitrogens with one attached hydrogen (secondary N) is 1. The largest absolute Gasteiger partial charge is 0.368 e. The van der Waals surface area contributed by atoms with Crippen molar-refractivity contribution in [2.45, 2.75) is 39.2 Å². The van der Waals surface area contributed by atoms with Crippen molar-refractivity contribution in [2.75, 3.05) is 16.8 Å². The standard InChI is InChI=1S/C20H24N2O/c1-3-16-8-4-6-10-18(16)21-20(23)12-13-22-15(2)14-17-9-5-7-11-19(17)22/h4-11,15H,3,12-14H2,1-2H3,(H,21,23). The summed E-state index contributed by atoms with van der Waals surface area (Å²) < 4.78 is 0. The summed E-state index contributed by atoms with van der Waals surface area (Å²) in [6, 6.07) is 17.0. The molecule has 1 amide bonds. The van der Waals surface area contributed by atoms with E-state index in [9.17, 15) is 4.79 Å². The first-order chi connectivity index (χ1) is 11.2. The molecule has 1 atom stereocenters. The number of hydrogen-bond donors (Lipinski definition) is 1. The number of aryl methyl sites for hydroxylation is 1. The molecule has 1 N–H and O–H groups in total. The fourth-order valence-electron chi connectivity index (χ4n) is 3.36. The van der Waals surface area contributed by atoms with Gasteiger partial charge in [0.2, 0.25) is 5.91 Å². The number of carbonyl (C=O) groups excluding carboxylic acids is 1. The summed E-state index contributed by atoms with van der Waals surface area (Å²) >= 11 is 0. The highest BCUT2D eigenvalue weighted by Gasteiger charge is 2.25. The smallest absolute Gasteiger partial charge is 0.226 e. The number of anilines is 2. The third kappa shape index (κ3) is 3.39. The molecule has 3 rings (SSSR count). The number of amides is 1. The summed E-state index contributed by atoms with van der Waals surface area (Å²) in [5, 5.41) is 3.06. The fraction of sp³-hybridized carbons (Fsp3) is 0.350. The van der Waals surface area contributed by atoms with Crippen LogP contribution < -0.4 is 10.2 Å². The predicted octanol–water partition coefficient (Wildman–Crippen LogP) is 4.03. The fourth-order valence-corrected chi connectivity index (χ4v) is 3.36. The van der Waals surface area contributed by atoms with Crippen molar-refractivity contribution in [3.8, 4) is 0 Å². The third-order valence-corrected chi connectivity index (χ3v) is 4.60. The maximum Gasteiger partial charge on any atom is 0.226 e. The first kappa shape index (κ1) is 15.6. The Kier molecular flexibility index (Phi) is 4.65. The van der Waals surface area contributed by atoms with E-state index >= 15 is 0 Å². The summed E-state index contributed by atoms with van der Waals surface area (Å²) in [5.41, 5.74) is 4.79. The average Bonchev–Trinajstić information content (AvgIpc) is 2.88. The lowest BCUT2D eigenvalue weighted by molar-refractivity contribution is -0.116. The maximum absolute atomic E-state index is 12.3. The molecule has 1 heterocycles. The highest BCUT2D eigenvalue weighted by atomic mass is 16.1. The Morgan fingerprint density at radius 1 is 1.17 bits per heavy atom. The molecule has 0 saturated carbocycles. The molecule has 0 bridgehead atoms. The second-order valence-electron chi connectivity index (χ2n) is 6.18. The molecule has 1 aliphatic rings. The molecule has 3 nitrogen and oxygen atoms in total. The minimum atomic E-state index is 0.0856. The molecule has 3 heteroatoms. The van der Waals surface area contributed by atoms with Crippen LogP contribution in [-0.4, -0.2) is 18.5 Å². The molecule has 0 saturated heterocycles. The van der Waals surface area contributed by atoms with Gasteiger partial charge in [0, 0.05) is 30.4 Å². The van der Waals surface area contributed by atoms with E-state index in [0.717, 1.165) is 25.1 Å². The molecule has 120 valence electrons. The molecular weight excluding hydrogens is 284 g/mol. The van der Waals surface area contributed by atoms with Crippen LogP contribution in [0.2, 0.25) is 0 Å². The zero-order valence-corrected chi connectivity index (χ0v) is 13.9. The van der Waals surface area contributed by atoms with Crippen LogP contribution in [0.4, 0.5) is 11.4 Å². The second kappa shape index (κ2) is 6.86. The molecule has 23 heavy (non-hydrogen) atoms. The average molecular weight is 308 g/mol. The molecule has 0 spiro atoms. The first-order valence-electron chi connectivity index (χ1n) is 8.41. The number of fused-ring (bicyclic) bond motifs is 1. The van der Waals surface area contributed by atoms with Crippen molar-refractivity contribution in [3.05, 3.63) is 59.7 Å². The summed E-state index contributed by atoms with van der Waals surface area (Å²) in [5.74, 6) is 0.0856. The molecule has 2 aromatic carbocycles. The van der Waals surface area contributed by atoms with E-state index in [1.807, 2.05) is 18.2 Å². The molecule has 1 aliphatic heterocycles. The molecule has 0 radical (unpaired) electrons. The Morgan fingerprint density at radius 3 is 2.74 bits per heavy atom. The lowest BCUT2D eigenvalue weighted by Crippen LogP contribution is -2.32. The number of nitrogens with zero attached hydrogens (tertiary/aromatic N) is 1. The van der Waals surface area contributed by atoms with Gasteiger partial charge in [-0.15, -0.1) is 0 Å². The predicted molar refractivity (Wildman–Crippen MR) is 96.0 cm³/mol. The Labute approximate surface area is 138 Å². The van der Waals surface area contributed by atoms with Gasteiger partial charge in [0.25, 0.3) is 0 Å². The van der Waals surface area contributed by atoms with Gasteiger partial charge in [-0.05, 0) is 43.0 Å². The molecule has 0 fully saturated rings. The van der Waals surface area contributed by atoms with Gasteiger partial charge in [0.05, 0.1) is 0 Å². The van der Waals surface area contributed by atoms with Crippen molar-refractivity contribution in [1.82, 2.24) is 0 Å². The zero-order chi connectivity index (χ0) is 16.2. The third-order valence-electron chi connectivity index (χ3n) is 4.60. The van der Waals surface area contributed by atoms with Gasteiger partial charge in [-0.3, -0.25) is 4.79 Å². The second-order valence-corrected chi connectivity index (χ2v) is 6.18. The Morgan fingerprint density at radius 2 is 1.91 bits per heavy atom. The number of rotatable bonds is 5. The lowest BCUT2D eigenvalue weighted by atomic mass is 10.1. The van der Waals surface area contributed by atoms with Crippen LogP contribution in [0, 0.1) is 0 Å². The van der Waals surface area contributed by atoms with Crippen LogP contribution in [-0.2, 0) is 17.6 Å². The van der Waals surface area contributed by atoms with E-state index in [0.29, 0.717) is 12.5 Å². The summed E-state index contributed by atoms with van der Waals surface area (Å²) in [6.45, 7) is 5.09. The van der Waals surface area contributed by atoms with E-state index in [1.165, 1.54) is 16.8 Å². The van der Waals surface area contributed by atoms with Crippen molar-refractivity contribution in [1.29, 1.82) is 0 Å². The maximum atomic E-state index is 12.3. The van der Waals surface area contributed by atoms with Gasteiger partial charge >= 0.3 is 0 Å². The number of carbonyl (C=O) groups is 1. The van der Waals surface area contributed by atoms with E-state index in [2.05, 4.69) is 54.4 Å². The van der Waals surface area contributed by atoms with Crippen molar-refractivity contribution in [2.24, 2.45) is 0 Å². The lowest BCUT2D eigenvalue weighted by Gasteiger charge is -2.24. The van der Waals surface area contributed by atoms with Crippen molar-refractivity contribution < 1.29 is 4.79 Å². The Hall–Kier alpha value is -2.29. The normalized spacial score (nSPS) is 16.3. The summed E-state index contributed by atoms with van der Waals surface area (Å²) in [4.78, 5) is 14.7. The van der Waals surface area contributed by atoms with E-state index in [4.69, 9.17) is 0 Å². The van der Waals surface area contributed by atoms with Crippen LogP contribution in [0.25, 0.3) is 0 Å². The molecular formula is C20H24N2O. The van der Waals surface area contributed by atoms with Crippen molar-refractivity contribution in [3.63, 3.8) is 0 Å². The van der Waals surface area contributed by atoms with E-state index in [1.54, 1.807) is 0 Å². The molecule has 0 aliphatic carbocycles. The minimum absolute atomic E-state index is 0.0856. The Bertz CT molecular complexity index is 696. The van der Waals surface area contributed by atoms with Crippen LogP contribution in [0.3, 0.4) is 0 Å². The number of benzene rings is 2. The van der Waals surface area contributed by atoms with Gasteiger partial charge in [-0.25, -0.2) is 0 Å². The Balaban J connectivity index is 1.61. The van der Waals surface area contributed by atoms with Gasteiger partial charge in [-0.2, -0.15) is 0 Å². The quantitative estimate of drug-likeness (QED) is 0.904. The van der Waals surface area contributed by atoms with Gasteiger partial charge in [0.15, 0.2) is 0 Å². The van der Waals surface area contributed by atoms with Crippen molar-refractivity contribution >= 4 is 17.3 Å². The highest BCUT2D eigenvalue weighted by molar-refractivity contribution is 5.91. The summed E-state index contributed by atoms with van der Waals surface area (Å²) in [6.07, 6.45) is 2.50. The van der Waals surface area contributed by atoms with Crippen LogP contribution in [0.5, 0.6) is 0 Å². The van der Waals surface area contributed by atoms with Gasteiger partial charge in [-0.1, -0.05) is 43.3 Å². The summed E-state index contributed by atoms with van der Waals surface area (Å²) in [7, 11) is 0. The number of para-hydroxylation sites is 2. The highest BCUT2D eigenvalue weighted by Crippen LogP contribution is 2.31. The monoisotopic (exact) mass is 308 g/mol. The van der Waals surface area contributed by atoms with Crippen LogP contribution >= 0.6 is 0 Å². The van der Waals surface area contributed by atoms with Crippen LogP contribution in [0.15, 0.2) is 48.5 Å². The topological polar surface area (TPSA) is 32.3 Å². The van der Waals surface area contributed by atoms with Gasteiger partial charge in [0.1, 0.15) is 0 Å². The minimum Gasteiger partial charge on any atom is -0.368 e. The van der Waals surface area contributed by atoms with Crippen LogP contribution in [0.1, 0.15) is 31.4 Å². The first-order valence-corrected chi connectivity index (χ1v) is 8.41.